The van der Waals surface area contributed by atoms with Crippen molar-refractivity contribution in [2.75, 3.05) is 0 Å². The molecule has 0 unspecified atom stereocenters. The van der Waals surface area contributed by atoms with E-state index in [-0.39, 0.29) is 5.91 Å². The highest BCUT2D eigenvalue weighted by Crippen LogP contribution is 2.32. The van der Waals surface area contributed by atoms with E-state index in [2.05, 4.69) is 4.98 Å². The average molecular weight is 385 g/mol. The van der Waals surface area contributed by atoms with Gasteiger partial charge in [-0.25, -0.2) is 9.37 Å². The van der Waals surface area contributed by atoms with Gasteiger partial charge in [-0.05, 0) is 54.6 Å². The molecule has 128 valence electrons. The summed E-state index contributed by atoms with van der Waals surface area (Å²) < 4.78 is 14.7. The van der Waals surface area contributed by atoms with E-state index in [0.717, 1.165) is 0 Å². The lowest BCUT2D eigenvalue weighted by atomic mass is 10.1. The number of nitrogens with zero attached hydrogens (tertiary/aromatic N) is 2. The summed E-state index contributed by atoms with van der Waals surface area (Å²) in [6, 6.07) is 17.7. The number of benzene rings is 3. The molecule has 4 aromatic rings. The second-order valence-corrected chi connectivity index (χ2v) is 6.54. The van der Waals surface area contributed by atoms with Crippen molar-refractivity contribution in [3.63, 3.8) is 0 Å². The van der Waals surface area contributed by atoms with Crippen molar-refractivity contribution in [2.24, 2.45) is 0 Å². The molecule has 3 nitrogen and oxygen atoms in total. The molecule has 4 rings (SSSR count). The van der Waals surface area contributed by atoms with Crippen LogP contribution in [0.15, 0.2) is 66.7 Å². The number of carbonyl (C=O) groups excluding carboxylic acids is 1. The molecule has 0 saturated heterocycles. The van der Waals surface area contributed by atoms with E-state index in [1.54, 1.807) is 24.3 Å². The van der Waals surface area contributed by atoms with E-state index in [1.165, 1.54) is 28.8 Å². The highest BCUT2D eigenvalue weighted by atomic mass is 35.5. The predicted molar refractivity (Wildman–Crippen MR) is 101 cm³/mol. The van der Waals surface area contributed by atoms with Gasteiger partial charge in [-0.3, -0.25) is 9.36 Å². The summed E-state index contributed by atoms with van der Waals surface area (Å²) in [5.74, 6) is -0.320. The van der Waals surface area contributed by atoms with E-state index < -0.39 is 5.82 Å². The fraction of sp³-hybridized carbons (Fsp3) is 0. The van der Waals surface area contributed by atoms with Crippen molar-refractivity contribution < 1.29 is 9.18 Å². The first kappa shape index (κ1) is 16.8. The molecule has 0 atom stereocenters. The summed E-state index contributed by atoms with van der Waals surface area (Å²) in [5.41, 5.74) is 2.23. The van der Waals surface area contributed by atoms with E-state index >= 15 is 0 Å². The molecule has 0 fully saturated rings. The third-order valence-corrected chi connectivity index (χ3v) is 4.57. The van der Waals surface area contributed by atoms with Crippen LogP contribution in [0, 0.1) is 5.82 Å². The highest BCUT2D eigenvalue weighted by Gasteiger charge is 2.21. The normalized spacial score (nSPS) is 11.0. The monoisotopic (exact) mass is 384 g/mol. The van der Waals surface area contributed by atoms with Crippen LogP contribution >= 0.6 is 23.2 Å². The van der Waals surface area contributed by atoms with Crippen LogP contribution < -0.4 is 0 Å². The third-order valence-electron chi connectivity index (χ3n) is 4.03. The van der Waals surface area contributed by atoms with Crippen molar-refractivity contribution in [1.29, 1.82) is 0 Å². The van der Waals surface area contributed by atoms with Gasteiger partial charge in [0.15, 0.2) is 0 Å². The number of carbonyl (C=O) groups is 1. The Morgan fingerprint density at radius 3 is 2.42 bits per heavy atom. The van der Waals surface area contributed by atoms with Crippen LogP contribution in [0.5, 0.6) is 0 Å². The molecular formula is C20H11Cl2FN2O. The van der Waals surface area contributed by atoms with Gasteiger partial charge in [0.05, 0.1) is 16.1 Å². The molecule has 3 aromatic carbocycles. The molecule has 0 radical (unpaired) electrons. The van der Waals surface area contributed by atoms with Crippen molar-refractivity contribution in [3.8, 4) is 11.4 Å². The third kappa shape index (κ3) is 2.87. The number of imidazole rings is 1. The van der Waals surface area contributed by atoms with Gasteiger partial charge in [0.25, 0.3) is 5.91 Å². The molecule has 26 heavy (non-hydrogen) atoms. The molecule has 6 heteroatoms. The Hall–Kier alpha value is -2.69. The Morgan fingerprint density at radius 1 is 0.962 bits per heavy atom. The number of rotatable bonds is 2. The minimum Gasteiger partial charge on any atom is -0.268 e. The van der Waals surface area contributed by atoms with E-state index in [0.29, 0.717) is 38.0 Å². The summed E-state index contributed by atoms with van der Waals surface area (Å²) >= 11 is 12.3. The molecule has 1 heterocycles. The second kappa shape index (κ2) is 6.56. The molecule has 0 amide bonds. The molecule has 0 aliphatic rings. The lowest BCUT2D eigenvalue weighted by Crippen LogP contribution is -2.13. The number of hydrogen-bond donors (Lipinski definition) is 0. The first-order valence-corrected chi connectivity index (χ1v) is 8.53. The first-order valence-electron chi connectivity index (χ1n) is 7.78. The highest BCUT2D eigenvalue weighted by molar-refractivity contribution is 6.36. The predicted octanol–water partition coefficient (Wildman–Crippen LogP) is 5.84. The molecule has 1 aromatic heterocycles. The van der Waals surface area contributed by atoms with Crippen LogP contribution in [-0.2, 0) is 0 Å². The van der Waals surface area contributed by atoms with Gasteiger partial charge in [-0.2, -0.15) is 0 Å². The maximum atomic E-state index is 13.2. The fourth-order valence-corrected chi connectivity index (χ4v) is 3.30. The molecule has 0 bridgehead atoms. The van der Waals surface area contributed by atoms with Crippen molar-refractivity contribution in [1.82, 2.24) is 9.55 Å². The summed E-state index contributed by atoms with van der Waals surface area (Å²) in [6.45, 7) is 0. The SMILES string of the molecule is O=C(c1ccc(F)cc1)n1c(-c2ccc(Cl)cc2Cl)nc2ccccc21. The first-order chi connectivity index (χ1) is 12.5. The van der Waals surface area contributed by atoms with Gasteiger partial charge in [-0.1, -0.05) is 35.3 Å². The number of fused-ring (bicyclic) bond motifs is 1. The Kier molecular flexibility index (Phi) is 4.23. The Bertz CT molecular complexity index is 1140. The minimum atomic E-state index is -0.405. The molecule has 0 spiro atoms. The Labute approximate surface area is 158 Å². The van der Waals surface area contributed by atoms with Gasteiger partial charge >= 0.3 is 0 Å². The van der Waals surface area contributed by atoms with Crippen molar-refractivity contribution >= 4 is 40.1 Å². The van der Waals surface area contributed by atoms with Crippen LogP contribution in [0.25, 0.3) is 22.4 Å². The molecule has 0 aliphatic carbocycles. The van der Waals surface area contributed by atoms with Gasteiger partial charge in [0, 0.05) is 16.1 Å². The van der Waals surface area contributed by atoms with Crippen LogP contribution in [0.1, 0.15) is 10.4 Å². The Morgan fingerprint density at radius 2 is 1.69 bits per heavy atom. The quantitative estimate of drug-likeness (QED) is 0.435. The number of aromatic nitrogens is 2. The zero-order valence-corrected chi connectivity index (χ0v) is 14.8. The van der Waals surface area contributed by atoms with Crippen LogP contribution in [0.2, 0.25) is 10.0 Å². The Balaban J connectivity index is 1.98. The zero-order valence-electron chi connectivity index (χ0n) is 13.3. The number of halogens is 3. The van der Waals surface area contributed by atoms with Gasteiger partial charge in [-0.15, -0.1) is 0 Å². The van der Waals surface area contributed by atoms with Gasteiger partial charge < -0.3 is 0 Å². The minimum absolute atomic E-state index is 0.320. The standard InChI is InChI=1S/C20H11Cl2FN2O/c21-13-7-10-15(16(22)11-13)19-24-17-3-1-2-4-18(17)25(19)20(26)12-5-8-14(23)9-6-12/h1-11H. The fourth-order valence-electron chi connectivity index (χ4n) is 2.80. The second-order valence-electron chi connectivity index (χ2n) is 5.70. The maximum absolute atomic E-state index is 13.2. The molecule has 0 N–H and O–H groups in total. The lowest BCUT2D eigenvalue weighted by molar-refractivity contribution is 0.0966. The van der Waals surface area contributed by atoms with Crippen molar-refractivity contribution in [3.05, 3.63) is 88.2 Å². The van der Waals surface area contributed by atoms with Crippen LogP contribution in [-0.4, -0.2) is 15.5 Å². The largest absolute Gasteiger partial charge is 0.268 e. The van der Waals surface area contributed by atoms with E-state index in [9.17, 15) is 9.18 Å². The lowest BCUT2D eigenvalue weighted by Gasteiger charge is -2.09. The van der Waals surface area contributed by atoms with Crippen LogP contribution in [0.4, 0.5) is 4.39 Å². The summed E-state index contributed by atoms with van der Waals surface area (Å²) in [7, 11) is 0. The molecule has 0 aliphatic heterocycles. The average Bonchev–Trinajstić information content (AvgIpc) is 3.01. The molecular weight excluding hydrogens is 374 g/mol. The summed E-state index contributed by atoms with van der Waals surface area (Å²) in [5, 5.41) is 0.882. The van der Waals surface area contributed by atoms with E-state index in [1.807, 2.05) is 18.2 Å². The van der Waals surface area contributed by atoms with E-state index in [4.69, 9.17) is 23.2 Å². The van der Waals surface area contributed by atoms with Crippen molar-refractivity contribution in [2.45, 2.75) is 0 Å². The molecule has 0 saturated carbocycles. The van der Waals surface area contributed by atoms with Crippen LogP contribution in [0.3, 0.4) is 0 Å². The van der Waals surface area contributed by atoms with Gasteiger partial charge in [0.2, 0.25) is 0 Å². The van der Waals surface area contributed by atoms with Gasteiger partial charge in [0.1, 0.15) is 11.6 Å². The summed E-state index contributed by atoms with van der Waals surface area (Å²) in [6.07, 6.45) is 0. The number of para-hydroxylation sites is 2. The summed E-state index contributed by atoms with van der Waals surface area (Å²) in [4.78, 5) is 17.7. The topological polar surface area (TPSA) is 34.9 Å². The zero-order chi connectivity index (χ0) is 18.3. The number of hydrogen-bond acceptors (Lipinski definition) is 2. The smallest absolute Gasteiger partial charge is 0.264 e. The maximum Gasteiger partial charge on any atom is 0.264 e.